The van der Waals surface area contributed by atoms with Gasteiger partial charge in [-0.2, -0.15) is 0 Å². The van der Waals surface area contributed by atoms with Crippen LogP contribution in [-0.2, 0) is 6.42 Å². The zero-order valence-corrected chi connectivity index (χ0v) is 10.0. The first-order chi connectivity index (χ1) is 7.27. The highest BCUT2D eigenvalue weighted by Gasteiger charge is 2.02. The van der Waals surface area contributed by atoms with Crippen molar-refractivity contribution in [2.45, 2.75) is 46.0 Å². The van der Waals surface area contributed by atoms with Crippen molar-refractivity contribution in [3.8, 4) is 11.8 Å². The Morgan fingerprint density at radius 2 is 1.73 bits per heavy atom. The molecule has 0 aliphatic carbocycles. The van der Waals surface area contributed by atoms with Gasteiger partial charge in [0.05, 0.1) is 0 Å². The Labute approximate surface area is 93.7 Å². The van der Waals surface area contributed by atoms with Gasteiger partial charge < -0.3 is 0 Å². The molecule has 1 aromatic carbocycles. The summed E-state index contributed by atoms with van der Waals surface area (Å²) in [7, 11) is 0. The van der Waals surface area contributed by atoms with Crippen LogP contribution in [0.25, 0.3) is 0 Å². The highest BCUT2D eigenvalue weighted by atomic mass is 14.1. The largest absolute Gasteiger partial charge is 0.104 e. The summed E-state index contributed by atoms with van der Waals surface area (Å²) in [5, 5.41) is 0. The number of benzene rings is 1. The van der Waals surface area contributed by atoms with Crippen LogP contribution in [0.2, 0.25) is 0 Å². The zero-order chi connectivity index (χ0) is 11.1. The van der Waals surface area contributed by atoms with Gasteiger partial charge in [0, 0.05) is 12.8 Å². The Morgan fingerprint density at radius 1 is 1.07 bits per heavy atom. The van der Waals surface area contributed by atoms with Gasteiger partial charge in [-0.05, 0) is 23.5 Å². The molecule has 0 heterocycles. The first-order valence-electron chi connectivity index (χ1n) is 5.82. The highest BCUT2D eigenvalue weighted by Crippen LogP contribution is 2.18. The van der Waals surface area contributed by atoms with E-state index in [9.17, 15) is 0 Å². The van der Waals surface area contributed by atoms with Crippen molar-refractivity contribution in [2.75, 3.05) is 0 Å². The Balaban J connectivity index is 2.61. The van der Waals surface area contributed by atoms with E-state index in [1.807, 2.05) is 0 Å². The summed E-state index contributed by atoms with van der Waals surface area (Å²) in [6, 6.07) is 8.91. The summed E-state index contributed by atoms with van der Waals surface area (Å²) in [4.78, 5) is 0. The second-order valence-electron chi connectivity index (χ2n) is 3.91. The molecule has 0 radical (unpaired) electrons. The molecule has 80 valence electrons. The molecule has 15 heavy (non-hydrogen) atoms. The predicted molar refractivity (Wildman–Crippen MR) is 66.9 cm³/mol. The standard InChI is InChI=1S/C15H20/c1-4-6-7-8-13(3)15-11-9-14(5-2)10-12-15/h9-13H,4-5,8H2,1-3H3. The SMILES string of the molecule is CCC#CCC(C)c1ccc(CC)cc1. The monoisotopic (exact) mass is 200 g/mol. The van der Waals surface area contributed by atoms with Crippen molar-refractivity contribution in [1.29, 1.82) is 0 Å². The van der Waals surface area contributed by atoms with Gasteiger partial charge in [0.25, 0.3) is 0 Å². The third kappa shape index (κ3) is 3.80. The van der Waals surface area contributed by atoms with Gasteiger partial charge in [-0.3, -0.25) is 0 Å². The van der Waals surface area contributed by atoms with Crippen molar-refractivity contribution in [2.24, 2.45) is 0 Å². The fraction of sp³-hybridized carbons (Fsp3) is 0.467. The minimum absolute atomic E-state index is 0.551. The molecule has 0 N–H and O–H groups in total. The lowest BCUT2D eigenvalue weighted by atomic mass is 9.96. The van der Waals surface area contributed by atoms with E-state index >= 15 is 0 Å². The fourth-order valence-electron chi connectivity index (χ4n) is 1.55. The lowest BCUT2D eigenvalue weighted by molar-refractivity contribution is 0.794. The molecule has 0 aliphatic heterocycles. The Bertz CT molecular complexity index is 335. The summed E-state index contributed by atoms with van der Waals surface area (Å²) < 4.78 is 0. The van der Waals surface area contributed by atoms with E-state index in [4.69, 9.17) is 0 Å². The first kappa shape index (κ1) is 11.9. The maximum absolute atomic E-state index is 3.21. The molecule has 1 rings (SSSR count). The molecule has 0 saturated carbocycles. The van der Waals surface area contributed by atoms with Crippen LogP contribution in [0.15, 0.2) is 24.3 Å². The van der Waals surface area contributed by atoms with Gasteiger partial charge in [0.15, 0.2) is 0 Å². The molecule has 0 nitrogen and oxygen atoms in total. The van der Waals surface area contributed by atoms with E-state index in [1.165, 1.54) is 11.1 Å². The van der Waals surface area contributed by atoms with E-state index in [1.54, 1.807) is 0 Å². The average Bonchev–Trinajstić information content (AvgIpc) is 2.29. The van der Waals surface area contributed by atoms with Gasteiger partial charge in [-0.1, -0.05) is 45.0 Å². The van der Waals surface area contributed by atoms with E-state index in [2.05, 4.69) is 56.9 Å². The number of hydrogen-bond donors (Lipinski definition) is 0. The van der Waals surface area contributed by atoms with Gasteiger partial charge in [-0.25, -0.2) is 0 Å². The number of hydrogen-bond acceptors (Lipinski definition) is 0. The first-order valence-corrected chi connectivity index (χ1v) is 5.82. The molecule has 0 heteroatoms. The Hall–Kier alpha value is -1.22. The van der Waals surface area contributed by atoms with Gasteiger partial charge in [0.1, 0.15) is 0 Å². The van der Waals surface area contributed by atoms with Crippen molar-refractivity contribution in [3.05, 3.63) is 35.4 Å². The molecule has 1 atom stereocenters. The molecule has 0 bridgehead atoms. The molecule has 0 aromatic heterocycles. The van der Waals surface area contributed by atoms with E-state index in [0.29, 0.717) is 5.92 Å². The van der Waals surface area contributed by atoms with Crippen LogP contribution in [0, 0.1) is 11.8 Å². The normalized spacial score (nSPS) is 11.7. The summed E-state index contributed by atoms with van der Waals surface area (Å²) in [5.74, 6) is 6.88. The third-order valence-corrected chi connectivity index (χ3v) is 2.67. The molecule has 0 aliphatic rings. The maximum atomic E-state index is 3.21. The molecule has 0 amide bonds. The van der Waals surface area contributed by atoms with Crippen LogP contribution in [0.1, 0.15) is 50.7 Å². The van der Waals surface area contributed by atoms with Crippen molar-refractivity contribution in [3.63, 3.8) is 0 Å². The molecular weight excluding hydrogens is 180 g/mol. The van der Waals surface area contributed by atoms with Crippen LogP contribution in [-0.4, -0.2) is 0 Å². The zero-order valence-electron chi connectivity index (χ0n) is 10.0. The summed E-state index contributed by atoms with van der Waals surface area (Å²) in [6.45, 7) is 6.52. The summed E-state index contributed by atoms with van der Waals surface area (Å²) in [6.07, 6.45) is 3.05. The average molecular weight is 200 g/mol. The van der Waals surface area contributed by atoms with Crippen LogP contribution in [0.5, 0.6) is 0 Å². The van der Waals surface area contributed by atoms with Crippen molar-refractivity contribution < 1.29 is 0 Å². The highest BCUT2D eigenvalue weighted by molar-refractivity contribution is 5.26. The second-order valence-corrected chi connectivity index (χ2v) is 3.91. The minimum atomic E-state index is 0.551. The number of rotatable bonds is 3. The van der Waals surface area contributed by atoms with Gasteiger partial charge in [-0.15, -0.1) is 11.8 Å². The van der Waals surface area contributed by atoms with Gasteiger partial charge >= 0.3 is 0 Å². The van der Waals surface area contributed by atoms with E-state index < -0.39 is 0 Å². The molecular formula is C15H20. The molecule has 1 aromatic rings. The van der Waals surface area contributed by atoms with Crippen LogP contribution >= 0.6 is 0 Å². The maximum Gasteiger partial charge on any atom is 0.0155 e. The number of aryl methyl sites for hydroxylation is 1. The minimum Gasteiger partial charge on any atom is -0.104 e. The summed E-state index contributed by atoms with van der Waals surface area (Å²) >= 11 is 0. The quantitative estimate of drug-likeness (QED) is 0.643. The van der Waals surface area contributed by atoms with Crippen LogP contribution in [0.3, 0.4) is 0 Å². The Morgan fingerprint density at radius 3 is 2.27 bits per heavy atom. The summed E-state index contributed by atoms with van der Waals surface area (Å²) in [5.41, 5.74) is 2.81. The van der Waals surface area contributed by atoms with Crippen molar-refractivity contribution >= 4 is 0 Å². The molecule has 0 saturated heterocycles. The van der Waals surface area contributed by atoms with E-state index in [0.717, 1.165) is 19.3 Å². The smallest absolute Gasteiger partial charge is 0.0155 e. The second kappa shape index (κ2) is 6.30. The van der Waals surface area contributed by atoms with Crippen molar-refractivity contribution in [1.82, 2.24) is 0 Å². The van der Waals surface area contributed by atoms with Crippen LogP contribution < -0.4 is 0 Å². The molecule has 0 fully saturated rings. The molecule has 0 spiro atoms. The topological polar surface area (TPSA) is 0 Å². The predicted octanol–water partition coefficient (Wildman–Crippen LogP) is 4.16. The fourth-order valence-corrected chi connectivity index (χ4v) is 1.55. The van der Waals surface area contributed by atoms with Crippen LogP contribution in [0.4, 0.5) is 0 Å². The lowest BCUT2D eigenvalue weighted by Gasteiger charge is -2.08. The third-order valence-electron chi connectivity index (χ3n) is 2.67. The van der Waals surface area contributed by atoms with Gasteiger partial charge in [0.2, 0.25) is 0 Å². The molecule has 1 unspecified atom stereocenters. The lowest BCUT2D eigenvalue weighted by Crippen LogP contribution is -1.92. The Kier molecular flexibility index (Phi) is 4.98. The van der Waals surface area contributed by atoms with E-state index in [-0.39, 0.29) is 0 Å².